The molecule has 2 aromatic rings. The zero-order valence-corrected chi connectivity index (χ0v) is 24.9. The Morgan fingerprint density at radius 2 is 1.63 bits per heavy atom. The Labute approximate surface area is 229 Å². The minimum absolute atomic E-state index is 0.112. The molecule has 9 heteroatoms. The first-order chi connectivity index (χ1) is 17.9. The summed E-state index contributed by atoms with van der Waals surface area (Å²) >= 11 is 0. The summed E-state index contributed by atoms with van der Waals surface area (Å²) in [6.45, 7) is 16.7. The number of nitrogens with zero attached hydrogens (tertiary/aromatic N) is 2. The maximum atomic E-state index is 13.3. The summed E-state index contributed by atoms with van der Waals surface area (Å²) < 4.78 is 35.2. The van der Waals surface area contributed by atoms with Gasteiger partial charge < -0.3 is 19.6 Å². The summed E-state index contributed by atoms with van der Waals surface area (Å²) in [5, 5.41) is 11.1. The normalized spacial score (nSPS) is 18.2. The van der Waals surface area contributed by atoms with Crippen LogP contribution in [-0.4, -0.2) is 74.2 Å². The maximum absolute atomic E-state index is 13.3. The number of rotatable bonds is 10. The second-order valence-corrected chi connectivity index (χ2v) is 11.5. The largest absolute Gasteiger partial charge is 0.485 e. The molecule has 2 atom stereocenters. The van der Waals surface area contributed by atoms with Crippen molar-refractivity contribution < 1.29 is 23.1 Å². The number of carbonyl (C=O) groups excluding carboxylic acids is 1. The second kappa shape index (κ2) is 13.6. The van der Waals surface area contributed by atoms with Crippen molar-refractivity contribution in [3.63, 3.8) is 0 Å². The van der Waals surface area contributed by atoms with Crippen molar-refractivity contribution in [3.05, 3.63) is 59.2 Å². The molecule has 2 aromatic carbocycles. The fourth-order valence-electron chi connectivity index (χ4n) is 4.35. The molecule has 212 valence electrons. The van der Waals surface area contributed by atoms with E-state index in [0.29, 0.717) is 23.4 Å². The van der Waals surface area contributed by atoms with Crippen molar-refractivity contribution in [2.75, 3.05) is 33.2 Å². The number of likely N-dealkylation sites (N-methyl/N-ethyl adjacent to an activating group) is 2. The molecule has 0 saturated heterocycles. The van der Waals surface area contributed by atoms with Crippen LogP contribution in [0.1, 0.15) is 76.0 Å². The molecule has 1 aliphatic heterocycles. The lowest BCUT2D eigenvalue weighted by atomic mass is 9.86. The number of aryl methyl sites for hydroxylation is 1. The van der Waals surface area contributed by atoms with Gasteiger partial charge in [-0.05, 0) is 69.3 Å². The number of amides is 1. The SMILES string of the molecule is CC.CCc1ccc(S(=O)(=O)NC2c3cc(C(=O)N(C)CCN(CC)CC)ccc3OC(C)(C)[C@H]2O)cc1. The highest BCUT2D eigenvalue weighted by atomic mass is 32.2. The quantitative estimate of drug-likeness (QED) is 0.462. The van der Waals surface area contributed by atoms with Gasteiger partial charge >= 0.3 is 0 Å². The Hall–Kier alpha value is -2.46. The Bertz CT molecular complexity index is 1160. The van der Waals surface area contributed by atoms with Crippen LogP contribution in [0.15, 0.2) is 47.4 Å². The molecular formula is C29H45N3O5S. The first-order valence-corrected chi connectivity index (χ1v) is 15.0. The van der Waals surface area contributed by atoms with Crippen LogP contribution in [0.25, 0.3) is 0 Å². The lowest BCUT2D eigenvalue weighted by Crippen LogP contribution is -2.53. The molecule has 8 nitrogen and oxygen atoms in total. The van der Waals surface area contributed by atoms with Gasteiger partial charge in [0.05, 0.1) is 10.9 Å². The van der Waals surface area contributed by atoms with Crippen LogP contribution in [0.2, 0.25) is 0 Å². The van der Waals surface area contributed by atoms with E-state index in [1.165, 1.54) is 0 Å². The number of hydrogen-bond acceptors (Lipinski definition) is 6. The van der Waals surface area contributed by atoms with E-state index in [2.05, 4.69) is 23.5 Å². The smallest absolute Gasteiger partial charge is 0.253 e. The number of fused-ring (bicyclic) bond motifs is 1. The summed E-state index contributed by atoms with van der Waals surface area (Å²) in [4.78, 5) is 17.2. The van der Waals surface area contributed by atoms with Crippen LogP contribution in [0.3, 0.4) is 0 Å². The molecule has 2 N–H and O–H groups in total. The molecule has 1 aliphatic rings. The van der Waals surface area contributed by atoms with Gasteiger partial charge in [0.2, 0.25) is 10.0 Å². The van der Waals surface area contributed by atoms with E-state index in [0.717, 1.165) is 31.6 Å². The summed E-state index contributed by atoms with van der Waals surface area (Å²) in [7, 11) is -2.20. The summed E-state index contributed by atoms with van der Waals surface area (Å²) in [5.74, 6) is 0.253. The summed E-state index contributed by atoms with van der Waals surface area (Å²) in [5.41, 5.74) is 0.819. The number of aliphatic hydroxyl groups excluding tert-OH is 1. The number of ether oxygens (including phenoxy) is 1. The molecule has 3 rings (SSSR count). The van der Waals surface area contributed by atoms with Crippen molar-refractivity contribution in [2.45, 2.75) is 77.5 Å². The number of nitrogens with one attached hydrogen (secondary N) is 1. The highest BCUT2D eigenvalue weighted by molar-refractivity contribution is 7.89. The van der Waals surface area contributed by atoms with Crippen LogP contribution >= 0.6 is 0 Å². The highest BCUT2D eigenvalue weighted by Gasteiger charge is 2.45. The Morgan fingerprint density at radius 1 is 1.03 bits per heavy atom. The molecule has 1 heterocycles. The van der Waals surface area contributed by atoms with E-state index in [-0.39, 0.29) is 10.8 Å². The molecule has 0 radical (unpaired) electrons. The molecule has 0 saturated carbocycles. The van der Waals surface area contributed by atoms with Gasteiger partial charge in [-0.3, -0.25) is 4.79 Å². The lowest BCUT2D eigenvalue weighted by Gasteiger charge is -2.42. The molecule has 1 unspecified atom stereocenters. The minimum atomic E-state index is -3.95. The number of aliphatic hydroxyl groups is 1. The molecular weight excluding hydrogens is 502 g/mol. The number of carbonyl (C=O) groups is 1. The van der Waals surface area contributed by atoms with Gasteiger partial charge in [-0.15, -0.1) is 0 Å². The van der Waals surface area contributed by atoms with Gasteiger partial charge in [-0.2, -0.15) is 0 Å². The third kappa shape index (κ3) is 7.34. The fraction of sp³-hybridized carbons (Fsp3) is 0.552. The van der Waals surface area contributed by atoms with E-state index in [1.54, 1.807) is 68.3 Å². The molecule has 0 fully saturated rings. The van der Waals surface area contributed by atoms with Crippen molar-refractivity contribution in [3.8, 4) is 5.75 Å². The molecule has 0 aromatic heterocycles. The standard InChI is InChI=1S/C27H39N3O5S.C2H6/c1-7-19-10-13-21(14-11-19)36(33,34)28-24-22-18-20(12-15-23(22)35-27(4,5)25(24)31)26(32)29(6)16-17-30(8-2)9-3;1-2/h10-15,18,24-25,28,31H,7-9,16-17H2,1-6H3;1-2H3/t24?,25-;/m0./s1. The van der Waals surface area contributed by atoms with Gasteiger partial charge in [0.15, 0.2) is 0 Å². The average Bonchev–Trinajstić information content (AvgIpc) is 2.92. The van der Waals surface area contributed by atoms with Crippen LogP contribution in [0.4, 0.5) is 0 Å². The van der Waals surface area contributed by atoms with Gasteiger partial charge in [0.1, 0.15) is 17.5 Å². The maximum Gasteiger partial charge on any atom is 0.253 e. The third-order valence-electron chi connectivity index (χ3n) is 6.91. The fourth-order valence-corrected chi connectivity index (χ4v) is 5.57. The van der Waals surface area contributed by atoms with Crippen LogP contribution < -0.4 is 9.46 Å². The summed E-state index contributed by atoms with van der Waals surface area (Å²) in [6.07, 6.45) is -0.380. The Balaban J connectivity index is 0.00000247. The van der Waals surface area contributed by atoms with E-state index in [9.17, 15) is 18.3 Å². The Morgan fingerprint density at radius 3 is 2.18 bits per heavy atom. The van der Waals surface area contributed by atoms with Crippen LogP contribution in [0.5, 0.6) is 5.75 Å². The summed E-state index contributed by atoms with van der Waals surface area (Å²) in [6, 6.07) is 10.7. The zero-order valence-electron chi connectivity index (χ0n) is 24.1. The van der Waals surface area contributed by atoms with Crippen molar-refractivity contribution >= 4 is 15.9 Å². The van der Waals surface area contributed by atoms with E-state index in [1.807, 2.05) is 20.8 Å². The molecule has 0 bridgehead atoms. The highest BCUT2D eigenvalue weighted by Crippen LogP contribution is 2.41. The Kier molecular flexibility index (Phi) is 11.3. The second-order valence-electron chi connectivity index (χ2n) is 9.75. The third-order valence-corrected chi connectivity index (χ3v) is 8.37. The van der Waals surface area contributed by atoms with Crippen molar-refractivity contribution in [2.24, 2.45) is 0 Å². The molecule has 0 spiro atoms. The van der Waals surface area contributed by atoms with E-state index < -0.39 is 27.8 Å². The number of sulfonamides is 1. The minimum Gasteiger partial charge on any atom is -0.485 e. The topological polar surface area (TPSA) is 99.2 Å². The number of hydrogen-bond donors (Lipinski definition) is 2. The van der Waals surface area contributed by atoms with Gasteiger partial charge in [0.25, 0.3) is 5.91 Å². The van der Waals surface area contributed by atoms with E-state index >= 15 is 0 Å². The zero-order chi connectivity index (χ0) is 28.7. The number of benzene rings is 2. The monoisotopic (exact) mass is 547 g/mol. The average molecular weight is 548 g/mol. The molecule has 0 aliphatic carbocycles. The molecule has 1 amide bonds. The van der Waals surface area contributed by atoms with Crippen LogP contribution in [-0.2, 0) is 16.4 Å². The molecule has 38 heavy (non-hydrogen) atoms. The van der Waals surface area contributed by atoms with Crippen molar-refractivity contribution in [1.82, 2.24) is 14.5 Å². The van der Waals surface area contributed by atoms with Gasteiger partial charge in [0, 0.05) is 31.3 Å². The van der Waals surface area contributed by atoms with Gasteiger partial charge in [-0.25, -0.2) is 13.1 Å². The van der Waals surface area contributed by atoms with Crippen LogP contribution in [0, 0.1) is 0 Å². The first kappa shape index (κ1) is 31.8. The first-order valence-electron chi connectivity index (χ1n) is 13.5. The van der Waals surface area contributed by atoms with Gasteiger partial charge in [-0.1, -0.05) is 46.8 Å². The van der Waals surface area contributed by atoms with Crippen molar-refractivity contribution in [1.29, 1.82) is 0 Å². The lowest BCUT2D eigenvalue weighted by molar-refractivity contribution is -0.0603. The van der Waals surface area contributed by atoms with E-state index in [4.69, 9.17) is 4.74 Å². The predicted octanol–water partition coefficient (Wildman–Crippen LogP) is 4.24. The predicted molar refractivity (Wildman–Crippen MR) is 152 cm³/mol.